The van der Waals surface area contributed by atoms with Gasteiger partial charge in [0.15, 0.2) is 0 Å². The molecule has 0 radical (unpaired) electrons. The molecule has 1 spiro atoms. The molecular formula is C39H38BrN7O5. The summed E-state index contributed by atoms with van der Waals surface area (Å²) in [6.45, 7) is 5.20. The second-order valence-electron chi connectivity index (χ2n) is 15.3. The van der Waals surface area contributed by atoms with E-state index in [1.807, 2.05) is 35.9 Å². The van der Waals surface area contributed by atoms with Crippen molar-refractivity contribution in [2.24, 2.45) is 13.0 Å². The van der Waals surface area contributed by atoms with Crippen molar-refractivity contribution in [3.05, 3.63) is 80.0 Å². The highest BCUT2D eigenvalue weighted by molar-refractivity contribution is 9.10. The number of likely N-dealkylation sites (tertiary alicyclic amines) is 1. The minimum absolute atomic E-state index is 0.162. The third kappa shape index (κ3) is 4.92. The molecule has 52 heavy (non-hydrogen) atoms. The Labute approximate surface area is 307 Å². The lowest BCUT2D eigenvalue weighted by Crippen LogP contribution is -2.66. The van der Waals surface area contributed by atoms with Crippen LogP contribution in [0.15, 0.2) is 57.8 Å². The number of anilines is 1. The minimum atomic E-state index is -0.614. The maximum atomic E-state index is 13.4. The number of nitrogens with zero attached hydrogens (tertiary/aromatic N) is 6. The normalized spacial score (nSPS) is 21.9. The molecule has 5 aromatic rings. The fraction of sp³-hybridized carbons (Fsp3) is 0.410. The number of hydrogen-bond acceptors (Lipinski definition) is 8. The highest BCUT2D eigenvalue weighted by atomic mass is 79.9. The van der Waals surface area contributed by atoms with Crippen LogP contribution in [0.1, 0.15) is 53.6 Å². The molecule has 5 aliphatic rings. The zero-order valence-corrected chi connectivity index (χ0v) is 30.4. The van der Waals surface area contributed by atoms with Gasteiger partial charge in [0.2, 0.25) is 17.6 Å². The Morgan fingerprint density at radius 3 is 2.58 bits per heavy atom. The van der Waals surface area contributed by atoms with E-state index in [0.29, 0.717) is 35.6 Å². The number of fused-ring (bicyclic) bond motifs is 7. The highest BCUT2D eigenvalue weighted by Crippen LogP contribution is 2.42. The van der Waals surface area contributed by atoms with E-state index in [1.54, 1.807) is 4.90 Å². The fourth-order valence-corrected chi connectivity index (χ4v) is 9.92. The van der Waals surface area contributed by atoms with Gasteiger partial charge in [-0.25, -0.2) is 0 Å². The second-order valence-corrected chi connectivity index (χ2v) is 16.2. The predicted molar refractivity (Wildman–Crippen MR) is 199 cm³/mol. The van der Waals surface area contributed by atoms with Gasteiger partial charge < -0.3 is 19.1 Å². The van der Waals surface area contributed by atoms with E-state index in [9.17, 15) is 19.2 Å². The summed E-state index contributed by atoms with van der Waals surface area (Å²) in [4.78, 5) is 61.5. The van der Waals surface area contributed by atoms with Crippen molar-refractivity contribution in [3.63, 3.8) is 0 Å². The Morgan fingerprint density at radius 1 is 0.942 bits per heavy atom. The molecule has 1 atom stereocenters. The Morgan fingerprint density at radius 2 is 1.77 bits per heavy atom. The Bertz CT molecular complexity index is 2440. The lowest BCUT2D eigenvalue weighted by molar-refractivity contribution is -0.136. The Hall–Kier alpha value is -4.75. The van der Waals surface area contributed by atoms with Gasteiger partial charge in [-0.2, -0.15) is 4.98 Å². The highest BCUT2D eigenvalue weighted by Gasteiger charge is 2.48. The van der Waals surface area contributed by atoms with Crippen molar-refractivity contribution in [1.29, 1.82) is 0 Å². The summed E-state index contributed by atoms with van der Waals surface area (Å²) in [5.41, 5.74) is 6.31. The van der Waals surface area contributed by atoms with Crippen molar-refractivity contribution in [3.8, 4) is 5.75 Å². The SMILES string of the molecule is Cn1c2cc(N3CCC(CN4CC5(CCc6cc7c(cc6O5)C(=O)N([C@H]5CCC(=O)NC5=O)C7)C4)CC3)ccc2n2c3cccc(Br)c3c(=O)nc12. The van der Waals surface area contributed by atoms with Gasteiger partial charge in [0.1, 0.15) is 17.4 Å². The molecule has 10 rings (SSSR count). The van der Waals surface area contributed by atoms with E-state index in [2.05, 4.69) is 64.7 Å². The molecule has 0 unspecified atom stereocenters. The van der Waals surface area contributed by atoms with Gasteiger partial charge >= 0.3 is 0 Å². The Kier molecular flexibility index (Phi) is 7.14. The van der Waals surface area contributed by atoms with E-state index in [0.717, 1.165) is 96.3 Å². The van der Waals surface area contributed by atoms with Crippen LogP contribution >= 0.6 is 15.9 Å². The standard InChI is InChI=1S/C39H38BrN7O5/c1-43-31-16-25(5-6-28(31)47-29-4-2-3-27(40)34(29)36(50)42-38(43)47)45-13-10-22(11-14-45)18-44-20-39(21-44)12-9-23-15-24-19-46(30-7-8-33(48)41-35(30)49)37(51)26(24)17-32(23)52-39/h2-6,15-17,22,30H,7-14,18-21H2,1H3,(H,41,48,49)/t30-/m0/s1. The van der Waals surface area contributed by atoms with Crippen LogP contribution in [0.25, 0.3) is 27.7 Å². The zero-order chi connectivity index (χ0) is 35.5. The number of amides is 3. The van der Waals surface area contributed by atoms with Crippen LogP contribution in [-0.4, -0.2) is 85.8 Å². The average molecular weight is 765 g/mol. The maximum absolute atomic E-state index is 13.4. The lowest BCUT2D eigenvalue weighted by atomic mass is 9.82. The number of hydrogen-bond donors (Lipinski definition) is 1. The van der Waals surface area contributed by atoms with Gasteiger partial charge in [-0.3, -0.25) is 33.8 Å². The van der Waals surface area contributed by atoms with Gasteiger partial charge in [-0.1, -0.05) is 6.07 Å². The van der Waals surface area contributed by atoms with Crippen LogP contribution in [0.4, 0.5) is 5.69 Å². The molecule has 0 aliphatic carbocycles. The van der Waals surface area contributed by atoms with Crippen LogP contribution in [-0.2, 0) is 29.6 Å². The predicted octanol–water partition coefficient (Wildman–Crippen LogP) is 4.16. The molecule has 266 valence electrons. The van der Waals surface area contributed by atoms with Gasteiger partial charge in [0.25, 0.3) is 11.5 Å². The van der Waals surface area contributed by atoms with Crippen LogP contribution < -0.4 is 20.5 Å². The largest absolute Gasteiger partial charge is 0.484 e. The molecule has 12 nitrogen and oxygen atoms in total. The molecule has 3 saturated heterocycles. The van der Waals surface area contributed by atoms with Crippen LogP contribution in [0.5, 0.6) is 5.75 Å². The summed E-state index contributed by atoms with van der Waals surface area (Å²) >= 11 is 3.54. The monoisotopic (exact) mass is 763 g/mol. The number of carbonyl (C=O) groups is 3. The van der Waals surface area contributed by atoms with Crippen LogP contribution in [0, 0.1) is 5.92 Å². The van der Waals surface area contributed by atoms with E-state index in [1.165, 1.54) is 5.69 Å². The number of aromatic nitrogens is 3. The van der Waals surface area contributed by atoms with Crippen molar-refractivity contribution < 1.29 is 19.1 Å². The number of benzene rings is 3. The van der Waals surface area contributed by atoms with Gasteiger partial charge in [-0.05, 0) is 108 Å². The van der Waals surface area contributed by atoms with E-state index >= 15 is 0 Å². The van der Waals surface area contributed by atoms with Crippen LogP contribution in [0.3, 0.4) is 0 Å². The van der Waals surface area contributed by atoms with Gasteiger partial charge in [0.05, 0.1) is 21.9 Å². The molecule has 3 fully saturated rings. The molecular weight excluding hydrogens is 726 g/mol. The molecule has 5 aliphatic heterocycles. The summed E-state index contributed by atoms with van der Waals surface area (Å²) in [6.07, 6.45) is 4.70. The summed E-state index contributed by atoms with van der Waals surface area (Å²) < 4.78 is 11.5. The Balaban J connectivity index is 0.778. The second kappa shape index (κ2) is 11.6. The number of piperidine rings is 2. The lowest BCUT2D eigenvalue weighted by Gasteiger charge is -2.53. The third-order valence-corrected chi connectivity index (χ3v) is 12.8. The molecule has 13 heteroatoms. The van der Waals surface area contributed by atoms with Crippen molar-refractivity contribution in [2.45, 2.75) is 56.7 Å². The van der Waals surface area contributed by atoms with Crippen molar-refractivity contribution in [2.75, 3.05) is 37.6 Å². The quantitative estimate of drug-likeness (QED) is 0.271. The van der Waals surface area contributed by atoms with E-state index < -0.39 is 6.04 Å². The third-order valence-electron chi connectivity index (χ3n) is 12.1. The number of rotatable bonds is 4. The first-order chi connectivity index (χ1) is 25.1. The molecule has 0 bridgehead atoms. The van der Waals surface area contributed by atoms with E-state index in [4.69, 9.17) is 4.74 Å². The van der Waals surface area contributed by atoms with Gasteiger partial charge in [0, 0.05) is 68.5 Å². The summed E-state index contributed by atoms with van der Waals surface area (Å²) in [6, 6.07) is 15.7. The number of halogens is 1. The number of imidazole rings is 1. The topological polar surface area (TPSA) is 121 Å². The maximum Gasteiger partial charge on any atom is 0.283 e. The average Bonchev–Trinajstić information content (AvgIpc) is 3.58. The minimum Gasteiger partial charge on any atom is -0.484 e. The smallest absolute Gasteiger partial charge is 0.283 e. The fourth-order valence-electron chi connectivity index (χ4n) is 9.40. The molecule has 1 N–H and O–H groups in total. The molecule has 7 heterocycles. The summed E-state index contributed by atoms with van der Waals surface area (Å²) in [5, 5.41) is 2.97. The van der Waals surface area contributed by atoms with Gasteiger partial charge in [-0.15, -0.1) is 0 Å². The number of aryl methyl sites for hydroxylation is 2. The summed E-state index contributed by atoms with van der Waals surface area (Å²) in [5.74, 6) is 1.21. The number of carbonyl (C=O) groups excluding carboxylic acids is 3. The molecule has 2 aromatic heterocycles. The first-order valence-electron chi connectivity index (χ1n) is 18.2. The molecule has 3 aromatic carbocycles. The van der Waals surface area contributed by atoms with Crippen LogP contribution in [0.2, 0.25) is 0 Å². The zero-order valence-electron chi connectivity index (χ0n) is 28.9. The first-order valence-corrected chi connectivity index (χ1v) is 19.0. The van der Waals surface area contributed by atoms with E-state index in [-0.39, 0.29) is 35.3 Å². The molecule has 3 amide bonds. The number of ether oxygens (including phenoxy) is 1. The van der Waals surface area contributed by atoms with Crippen molar-refractivity contribution in [1.82, 2.24) is 29.1 Å². The number of nitrogens with one attached hydrogen (secondary N) is 1. The van der Waals surface area contributed by atoms with Crippen molar-refractivity contribution >= 4 is 67.1 Å². The first kappa shape index (κ1) is 31.9. The summed E-state index contributed by atoms with van der Waals surface area (Å²) in [7, 11) is 1.97. The molecule has 0 saturated carbocycles. The number of imide groups is 1.